The van der Waals surface area contributed by atoms with Gasteiger partial charge in [0.2, 0.25) is 0 Å². The maximum atomic E-state index is 10.7. The quantitative estimate of drug-likeness (QED) is 0.715. The molecule has 5 heteroatoms. The third-order valence-electron chi connectivity index (χ3n) is 4.08. The SMILES string of the molecule is CC(C)(Cc1ccccc1)C(=O)[O-].CC(C)(Cc1ccccc1)C(=O)[O-].[Mg+2]. The van der Waals surface area contributed by atoms with Crippen LogP contribution >= 0.6 is 0 Å². The van der Waals surface area contributed by atoms with Crippen LogP contribution in [0.15, 0.2) is 60.7 Å². The molecule has 0 bridgehead atoms. The van der Waals surface area contributed by atoms with Crippen molar-refractivity contribution in [1.82, 2.24) is 0 Å². The first-order chi connectivity index (χ1) is 12.0. The summed E-state index contributed by atoms with van der Waals surface area (Å²) in [5.74, 6) is -2.01. The second-order valence-electron chi connectivity index (χ2n) is 7.67. The molecule has 0 spiro atoms. The molecule has 0 N–H and O–H groups in total. The van der Waals surface area contributed by atoms with Crippen LogP contribution in [0.5, 0.6) is 0 Å². The monoisotopic (exact) mass is 378 g/mol. The number of carboxylic acid groups (broad SMARTS) is 2. The topological polar surface area (TPSA) is 80.3 Å². The van der Waals surface area contributed by atoms with Crippen LogP contribution < -0.4 is 10.2 Å². The summed E-state index contributed by atoms with van der Waals surface area (Å²) < 4.78 is 0. The predicted molar refractivity (Wildman–Crippen MR) is 104 cm³/mol. The molecule has 0 aliphatic carbocycles. The molecular weight excluding hydrogens is 353 g/mol. The van der Waals surface area contributed by atoms with E-state index in [0.29, 0.717) is 12.8 Å². The minimum Gasteiger partial charge on any atom is -0.550 e. The van der Waals surface area contributed by atoms with Gasteiger partial charge in [0, 0.05) is 22.8 Å². The summed E-state index contributed by atoms with van der Waals surface area (Å²) in [4.78, 5) is 21.4. The molecule has 4 nitrogen and oxygen atoms in total. The van der Waals surface area contributed by atoms with Gasteiger partial charge in [-0.1, -0.05) is 88.4 Å². The zero-order chi connectivity index (χ0) is 19.8. The van der Waals surface area contributed by atoms with E-state index in [2.05, 4.69) is 0 Å². The Bertz CT molecular complexity index is 646. The van der Waals surface area contributed by atoms with E-state index in [1.54, 1.807) is 27.7 Å². The van der Waals surface area contributed by atoms with Crippen molar-refractivity contribution in [2.24, 2.45) is 10.8 Å². The minimum atomic E-state index is -1.00. The zero-order valence-corrected chi connectivity index (χ0v) is 17.9. The minimum absolute atomic E-state index is 0. The number of aliphatic carboxylic acids is 2. The Morgan fingerprint density at radius 2 is 0.926 bits per heavy atom. The van der Waals surface area contributed by atoms with Crippen LogP contribution in [0, 0.1) is 10.8 Å². The number of hydrogen-bond acceptors (Lipinski definition) is 4. The molecule has 0 amide bonds. The van der Waals surface area contributed by atoms with Crippen LogP contribution in [0.3, 0.4) is 0 Å². The van der Waals surface area contributed by atoms with Crippen LogP contribution in [0.1, 0.15) is 38.8 Å². The normalized spacial score (nSPS) is 10.8. The second-order valence-corrected chi connectivity index (χ2v) is 7.67. The summed E-state index contributed by atoms with van der Waals surface area (Å²) in [6.45, 7) is 6.70. The van der Waals surface area contributed by atoms with E-state index in [9.17, 15) is 19.8 Å². The summed E-state index contributed by atoms with van der Waals surface area (Å²) >= 11 is 0. The molecule has 140 valence electrons. The van der Waals surface area contributed by atoms with E-state index < -0.39 is 22.8 Å². The Hall–Kier alpha value is -1.85. The number of carbonyl (C=O) groups is 2. The first-order valence-electron chi connectivity index (χ1n) is 8.55. The van der Waals surface area contributed by atoms with E-state index in [4.69, 9.17) is 0 Å². The van der Waals surface area contributed by atoms with Crippen molar-refractivity contribution in [3.63, 3.8) is 0 Å². The molecule has 0 heterocycles. The molecular formula is C22H26MgO4. The number of carbonyl (C=O) groups excluding carboxylic acids is 2. The first-order valence-corrected chi connectivity index (χ1v) is 8.55. The summed E-state index contributed by atoms with van der Waals surface area (Å²) in [5.41, 5.74) is 0.469. The number of benzene rings is 2. The largest absolute Gasteiger partial charge is 2.00 e. The summed E-state index contributed by atoms with van der Waals surface area (Å²) in [7, 11) is 0. The van der Waals surface area contributed by atoms with E-state index in [0.717, 1.165) is 11.1 Å². The van der Waals surface area contributed by atoms with Crippen LogP contribution in [0.4, 0.5) is 0 Å². The zero-order valence-electron chi connectivity index (χ0n) is 16.5. The molecule has 0 unspecified atom stereocenters. The predicted octanol–water partition coefficient (Wildman–Crippen LogP) is 1.63. The van der Waals surface area contributed by atoms with Crippen molar-refractivity contribution in [2.75, 3.05) is 0 Å². The third kappa shape index (κ3) is 9.06. The van der Waals surface area contributed by atoms with Crippen LogP contribution in [-0.2, 0) is 22.4 Å². The maximum absolute atomic E-state index is 10.7. The Kier molecular flexibility index (Phi) is 10.3. The van der Waals surface area contributed by atoms with Gasteiger partial charge in [-0.15, -0.1) is 0 Å². The van der Waals surface area contributed by atoms with Gasteiger partial charge in [0.15, 0.2) is 0 Å². The van der Waals surface area contributed by atoms with Gasteiger partial charge < -0.3 is 19.8 Å². The van der Waals surface area contributed by atoms with Gasteiger partial charge in [0.05, 0.1) is 0 Å². The molecule has 2 aromatic carbocycles. The van der Waals surface area contributed by atoms with Gasteiger partial charge in [0.1, 0.15) is 0 Å². The first kappa shape index (κ1) is 25.1. The average molecular weight is 379 g/mol. The molecule has 0 fully saturated rings. The molecule has 2 rings (SSSR count). The molecule has 27 heavy (non-hydrogen) atoms. The van der Waals surface area contributed by atoms with E-state index in [1.807, 2.05) is 60.7 Å². The fourth-order valence-corrected chi connectivity index (χ4v) is 2.36. The van der Waals surface area contributed by atoms with Gasteiger partial charge in [-0.3, -0.25) is 0 Å². The number of hydrogen-bond donors (Lipinski definition) is 0. The van der Waals surface area contributed by atoms with Crippen molar-refractivity contribution in [3.05, 3.63) is 71.8 Å². The number of carboxylic acids is 2. The van der Waals surface area contributed by atoms with Crippen molar-refractivity contribution >= 4 is 35.0 Å². The summed E-state index contributed by atoms with van der Waals surface area (Å²) in [5, 5.41) is 21.4. The van der Waals surface area contributed by atoms with Crippen molar-refractivity contribution in [3.8, 4) is 0 Å². The molecule has 2 aromatic rings. The van der Waals surface area contributed by atoms with Crippen molar-refractivity contribution in [2.45, 2.75) is 40.5 Å². The number of rotatable bonds is 6. The fraction of sp³-hybridized carbons (Fsp3) is 0.364. The van der Waals surface area contributed by atoms with E-state index in [-0.39, 0.29) is 23.1 Å². The molecule has 0 saturated heterocycles. The standard InChI is InChI=1S/2C11H14O2.Mg/c2*1-11(2,10(12)13)8-9-6-4-3-5-7-9;/h2*3-7H,8H2,1-2H3,(H,12,13);/q;;+2/p-2. The Balaban J connectivity index is 0.000000483. The molecule has 0 aromatic heterocycles. The molecule has 0 aliphatic heterocycles. The Morgan fingerprint density at radius 1 is 0.667 bits per heavy atom. The molecule has 0 radical (unpaired) electrons. The van der Waals surface area contributed by atoms with Crippen LogP contribution in [-0.4, -0.2) is 35.0 Å². The summed E-state index contributed by atoms with van der Waals surface area (Å²) in [6, 6.07) is 19.1. The van der Waals surface area contributed by atoms with Crippen LogP contribution in [0.2, 0.25) is 0 Å². The van der Waals surface area contributed by atoms with Gasteiger partial charge in [-0.05, 0) is 24.0 Å². The fourth-order valence-electron chi connectivity index (χ4n) is 2.36. The molecule has 0 saturated carbocycles. The van der Waals surface area contributed by atoms with E-state index in [1.165, 1.54) is 0 Å². The Morgan fingerprint density at radius 3 is 1.15 bits per heavy atom. The van der Waals surface area contributed by atoms with Gasteiger partial charge in [0.25, 0.3) is 0 Å². The maximum Gasteiger partial charge on any atom is 2.00 e. The molecule has 0 atom stereocenters. The second kappa shape index (κ2) is 11.1. The summed E-state index contributed by atoms with van der Waals surface area (Å²) in [6.07, 6.45) is 1.02. The van der Waals surface area contributed by atoms with Gasteiger partial charge in [-0.25, -0.2) is 0 Å². The van der Waals surface area contributed by atoms with Crippen molar-refractivity contribution < 1.29 is 19.8 Å². The average Bonchev–Trinajstić information content (AvgIpc) is 2.56. The van der Waals surface area contributed by atoms with Crippen LogP contribution in [0.25, 0.3) is 0 Å². The molecule has 0 aliphatic rings. The smallest absolute Gasteiger partial charge is 0.550 e. The van der Waals surface area contributed by atoms with Gasteiger partial charge >= 0.3 is 23.1 Å². The Labute approximate surface area is 177 Å². The van der Waals surface area contributed by atoms with Crippen molar-refractivity contribution in [1.29, 1.82) is 0 Å². The third-order valence-corrected chi connectivity index (χ3v) is 4.08. The van der Waals surface area contributed by atoms with Gasteiger partial charge in [-0.2, -0.15) is 0 Å². The van der Waals surface area contributed by atoms with E-state index >= 15 is 0 Å².